The van der Waals surface area contributed by atoms with E-state index in [0.29, 0.717) is 6.17 Å². The highest BCUT2D eigenvalue weighted by molar-refractivity contribution is 5.83. The van der Waals surface area contributed by atoms with Crippen molar-refractivity contribution >= 4 is 5.78 Å². The van der Waals surface area contributed by atoms with Gasteiger partial charge in [0.05, 0.1) is 12.2 Å². The fourth-order valence-electron chi connectivity index (χ4n) is 1.42. The van der Waals surface area contributed by atoms with E-state index in [1.807, 2.05) is 26.4 Å². The Kier molecular flexibility index (Phi) is 2.52. The Hall–Kier alpha value is -0.830. The van der Waals surface area contributed by atoms with Crippen LogP contribution in [-0.2, 0) is 4.79 Å². The van der Waals surface area contributed by atoms with Crippen molar-refractivity contribution in [2.24, 2.45) is 0 Å². The average molecular weight is 168 g/mol. The molecule has 1 heterocycles. The van der Waals surface area contributed by atoms with E-state index in [4.69, 9.17) is 0 Å². The first kappa shape index (κ1) is 9.26. The molecule has 1 aliphatic heterocycles. The first-order chi connectivity index (χ1) is 5.54. The summed E-state index contributed by atoms with van der Waals surface area (Å²) >= 11 is 0. The minimum Gasteiger partial charge on any atom is -0.365 e. The fourth-order valence-corrected chi connectivity index (χ4v) is 1.42. The molecule has 12 heavy (non-hydrogen) atoms. The highest BCUT2D eigenvalue weighted by atomic mass is 16.1. The molecule has 0 amide bonds. The molecule has 2 atom stereocenters. The van der Waals surface area contributed by atoms with Crippen LogP contribution in [0.5, 0.6) is 0 Å². The lowest BCUT2D eigenvalue weighted by molar-refractivity contribution is -0.122. The molecule has 0 aliphatic carbocycles. The molecule has 0 aromatic carbocycles. The first-order valence-electron chi connectivity index (χ1n) is 4.16. The van der Waals surface area contributed by atoms with Crippen molar-refractivity contribution in [1.82, 2.24) is 9.80 Å². The zero-order valence-corrected chi connectivity index (χ0v) is 8.11. The number of carbonyl (C=O) groups excluding carboxylic acids is 1. The van der Waals surface area contributed by atoms with E-state index in [0.717, 1.165) is 0 Å². The number of carbonyl (C=O) groups is 1. The molecule has 0 aromatic heterocycles. The molecule has 68 valence electrons. The normalized spacial score (nSPS) is 30.8. The van der Waals surface area contributed by atoms with Crippen LogP contribution in [0.2, 0.25) is 0 Å². The van der Waals surface area contributed by atoms with E-state index in [9.17, 15) is 4.79 Å². The van der Waals surface area contributed by atoms with Crippen molar-refractivity contribution < 1.29 is 4.79 Å². The lowest BCUT2D eigenvalue weighted by atomic mass is 10.1. The highest BCUT2D eigenvalue weighted by Gasteiger charge is 2.26. The number of rotatable bonds is 1. The summed E-state index contributed by atoms with van der Waals surface area (Å²) in [6, 6.07) is -0.0452. The average Bonchev–Trinajstić information content (AvgIpc) is 2.00. The summed E-state index contributed by atoms with van der Waals surface area (Å²) in [6.07, 6.45) is 4.20. The second kappa shape index (κ2) is 3.27. The SMILES string of the molecule is CC(=O)C1C=CN(C)C(C)N1C. The van der Waals surface area contributed by atoms with Crippen LogP contribution in [0.1, 0.15) is 13.8 Å². The Morgan fingerprint density at radius 1 is 1.42 bits per heavy atom. The van der Waals surface area contributed by atoms with Gasteiger partial charge < -0.3 is 4.90 Å². The van der Waals surface area contributed by atoms with Gasteiger partial charge >= 0.3 is 0 Å². The van der Waals surface area contributed by atoms with Crippen LogP contribution < -0.4 is 0 Å². The minimum atomic E-state index is -0.0452. The molecule has 0 saturated heterocycles. The van der Waals surface area contributed by atoms with Gasteiger partial charge in [-0.05, 0) is 33.2 Å². The van der Waals surface area contributed by atoms with Crippen LogP contribution in [0.4, 0.5) is 0 Å². The molecule has 0 spiro atoms. The van der Waals surface area contributed by atoms with Crippen molar-refractivity contribution in [3.05, 3.63) is 12.3 Å². The van der Waals surface area contributed by atoms with Crippen LogP contribution >= 0.6 is 0 Å². The summed E-state index contributed by atoms with van der Waals surface area (Å²) in [7, 11) is 3.98. The zero-order chi connectivity index (χ0) is 9.30. The number of likely N-dealkylation sites (N-methyl/N-ethyl adjacent to an activating group) is 1. The fraction of sp³-hybridized carbons (Fsp3) is 0.667. The molecule has 0 aromatic rings. The summed E-state index contributed by atoms with van der Waals surface area (Å²) < 4.78 is 0. The Bertz CT molecular complexity index is 213. The van der Waals surface area contributed by atoms with Crippen molar-refractivity contribution in [2.75, 3.05) is 14.1 Å². The largest absolute Gasteiger partial charge is 0.365 e. The summed E-state index contributed by atoms with van der Waals surface area (Å²) in [6.45, 7) is 3.71. The standard InChI is InChI=1S/C9H16N2O/c1-7(12)9-5-6-10(3)8(2)11(9)4/h5-6,8-9H,1-4H3. The van der Waals surface area contributed by atoms with Gasteiger partial charge in [-0.1, -0.05) is 0 Å². The zero-order valence-electron chi connectivity index (χ0n) is 8.11. The second-order valence-corrected chi connectivity index (χ2v) is 3.36. The van der Waals surface area contributed by atoms with E-state index in [1.54, 1.807) is 6.92 Å². The molecule has 3 nitrogen and oxygen atoms in total. The molecule has 3 heteroatoms. The highest BCUT2D eigenvalue weighted by Crippen LogP contribution is 2.14. The van der Waals surface area contributed by atoms with E-state index in [2.05, 4.69) is 16.7 Å². The van der Waals surface area contributed by atoms with Gasteiger partial charge in [-0.15, -0.1) is 0 Å². The van der Waals surface area contributed by atoms with Gasteiger partial charge in [-0.3, -0.25) is 9.69 Å². The lowest BCUT2D eigenvalue weighted by Gasteiger charge is -2.39. The van der Waals surface area contributed by atoms with Gasteiger partial charge in [0.1, 0.15) is 0 Å². The first-order valence-corrected chi connectivity index (χ1v) is 4.16. The maximum absolute atomic E-state index is 11.2. The Morgan fingerprint density at radius 3 is 2.50 bits per heavy atom. The quantitative estimate of drug-likeness (QED) is 0.575. The smallest absolute Gasteiger partial charge is 0.150 e. The summed E-state index contributed by atoms with van der Waals surface area (Å²) in [5.41, 5.74) is 0. The third kappa shape index (κ3) is 1.50. The molecule has 0 radical (unpaired) electrons. The third-order valence-corrected chi connectivity index (χ3v) is 2.54. The van der Waals surface area contributed by atoms with E-state index in [1.165, 1.54) is 0 Å². The molecule has 0 saturated carbocycles. The maximum Gasteiger partial charge on any atom is 0.150 e. The van der Waals surface area contributed by atoms with E-state index < -0.39 is 0 Å². The van der Waals surface area contributed by atoms with Crippen molar-refractivity contribution in [2.45, 2.75) is 26.1 Å². The molecule has 0 N–H and O–H groups in total. The van der Waals surface area contributed by atoms with Crippen LogP contribution in [-0.4, -0.2) is 41.9 Å². The molecule has 0 fully saturated rings. The molecule has 2 unspecified atom stereocenters. The van der Waals surface area contributed by atoms with Crippen molar-refractivity contribution in [3.63, 3.8) is 0 Å². The Morgan fingerprint density at radius 2 is 2.00 bits per heavy atom. The molecular formula is C9H16N2O. The number of Topliss-reactive ketones (excluding diaryl/α,β-unsaturated/α-hetero) is 1. The van der Waals surface area contributed by atoms with Crippen molar-refractivity contribution in [1.29, 1.82) is 0 Å². The van der Waals surface area contributed by atoms with Crippen LogP contribution in [0.25, 0.3) is 0 Å². The van der Waals surface area contributed by atoms with Gasteiger partial charge in [0.15, 0.2) is 5.78 Å². The van der Waals surface area contributed by atoms with Crippen molar-refractivity contribution in [3.8, 4) is 0 Å². The predicted octanol–water partition coefficient (Wildman–Crippen LogP) is 0.681. The van der Waals surface area contributed by atoms with Gasteiger partial charge in [0.25, 0.3) is 0 Å². The number of ketones is 1. The summed E-state index contributed by atoms with van der Waals surface area (Å²) in [5.74, 6) is 0.203. The summed E-state index contributed by atoms with van der Waals surface area (Å²) in [5, 5.41) is 0. The Labute approximate surface area is 73.6 Å². The summed E-state index contributed by atoms with van der Waals surface area (Å²) in [4.78, 5) is 15.3. The number of hydrogen-bond donors (Lipinski definition) is 0. The minimum absolute atomic E-state index is 0.0452. The monoisotopic (exact) mass is 168 g/mol. The molecular weight excluding hydrogens is 152 g/mol. The predicted molar refractivity (Wildman–Crippen MR) is 48.6 cm³/mol. The number of hydrogen-bond acceptors (Lipinski definition) is 3. The Balaban J connectivity index is 2.81. The van der Waals surface area contributed by atoms with Crippen LogP contribution in [0, 0.1) is 0 Å². The topological polar surface area (TPSA) is 23.6 Å². The van der Waals surface area contributed by atoms with Gasteiger partial charge in [0.2, 0.25) is 0 Å². The maximum atomic E-state index is 11.2. The molecule has 0 bridgehead atoms. The van der Waals surface area contributed by atoms with E-state index in [-0.39, 0.29) is 11.8 Å². The van der Waals surface area contributed by atoms with Gasteiger partial charge in [-0.25, -0.2) is 0 Å². The van der Waals surface area contributed by atoms with Gasteiger partial charge in [0, 0.05) is 7.05 Å². The van der Waals surface area contributed by atoms with Crippen LogP contribution in [0.3, 0.4) is 0 Å². The molecule has 1 aliphatic rings. The van der Waals surface area contributed by atoms with Crippen LogP contribution in [0.15, 0.2) is 12.3 Å². The lowest BCUT2D eigenvalue weighted by Crippen LogP contribution is -2.50. The third-order valence-electron chi connectivity index (χ3n) is 2.54. The molecule has 1 rings (SSSR count). The second-order valence-electron chi connectivity index (χ2n) is 3.36. The number of nitrogens with zero attached hydrogens (tertiary/aromatic N) is 2. The van der Waals surface area contributed by atoms with E-state index >= 15 is 0 Å². The van der Waals surface area contributed by atoms with Gasteiger partial charge in [-0.2, -0.15) is 0 Å².